The van der Waals surface area contributed by atoms with Crippen LogP contribution in [-0.4, -0.2) is 11.1 Å². The molecule has 0 aromatic rings. The molecule has 3 atom stereocenters. The number of nitrogens with two attached hydrogens (primary N) is 1. The second-order valence-corrected chi connectivity index (χ2v) is 3.73. The summed E-state index contributed by atoms with van der Waals surface area (Å²) in [6.07, 6.45) is 5.25. The monoisotopic (exact) mass is 193 g/mol. The molecule has 0 saturated heterocycles. The second kappa shape index (κ2) is 4.71. The molecule has 0 aromatic carbocycles. The van der Waals surface area contributed by atoms with Crippen molar-refractivity contribution in [2.24, 2.45) is 23.5 Å². The fraction of sp³-hybridized carbons (Fsp3) is 0.545. The molecular weight excluding hydrogens is 178 g/mol. The summed E-state index contributed by atoms with van der Waals surface area (Å²) >= 11 is 0. The Morgan fingerprint density at radius 2 is 2.36 bits per heavy atom. The van der Waals surface area contributed by atoms with Crippen LogP contribution in [0.3, 0.4) is 0 Å². The lowest BCUT2D eigenvalue weighted by molar-refractivity contribution is -0.143. The number of carboxylic acids is 1. The van der Waals surface area contributed by atoms with Crippen LogP contribution in [-0.2, 0) is 4.79 Å². The van der Waals surface area contributed by atoms with Gasteiger partial charge in [0.05, 0.1) is 5.92 Å². The molecule has 0 aliphatic heterocycles. The third-order valence-electron chi connectivity index (χ3n) is 2.59. The van der Waals surface area contributed by atoms with E-state index in [1.165, 1.54) is 0 Å². The van der Waals surface area contributed by atoms with E-state index in [9.17, 15) is 4.79 Å². The van der Waals surface area contributed by atoms with Gasteiger partial charge in [0.2, 0.25) is 0 Å². The van der Waals surface area contributed by atoms with Gasteiger partial charge >= 0.3 is 5.97 Å². The number of carboxylic acid groups (broad SMARTS) is 1. The molecule has 1 aliphatic rings. The van der Waals surface area contributed by atoms with Gasteiger partial charge in [0.15, 0.2) is 0 Å². The smallest absolute Gasteiger partial charge is 0.307 e. The molecule has 0 fully saturated rings. The molecule has 3 nitrogen and oxygen atoms in total. The number of aliphatic carboxylic acids is 1. The summed E-state index contributed by atoms with van der Waals surface area (Å²) in [4.78, 5) is 11.0. The molecule has 0 spiro atoms. The quantitative estimate of drug-likeness (QED) is 0.393. The second-order valence-electron chi connectivity index (χ2n) is 3.73. The number of hydrogen-bond donors (Lipinski definition) is 2. The average Bonchev–Trinajstić information content (AvgIpc) is 2.15. The first-order valence-corrected chi connectivity index (χ1v) is 4.74. The van der Waals surface area contributed by atoms with Gasteiger partial charge in [0.1, 0.15) is 0 Å². The summed E-state index contributed by atoms with van der Waals surface area (Å²) in [5, 5.41) is 9.01. The van der Waals surface area contributed by atoms with Gasteiger partial charge in [0.25, 0.3) is 0 Å². The van der Waals surface area contributed by atoms with Crippen LogP contribution in [0.15, 0.2) is 12.2 Å². The molecule has 3 heteroatoms. The van der Waals surface area contributed by atoms with E-state index in [2.05, 4.69) is 18.0 Å². The molecule has 3 unspecified atom stereocenters. The maximum Gasteiger partial charge on any atom is 0.307 e. The molecule has 1 aliphatic carbocycles. The van der Waals surface area contributed by atoms with Crippen LogP contribution in [0.5, 0.6) is 0 Å². The lowest BCUT2D eigenvalue weighted by Crippen LogP contribution is -2.26. The van der Waals surface area contributed by atoms with E-state index in [1.807, 2.05) is 13.0 Å². The van der Waals surface area contributed by atoms with Crippen molar-refractivity contribution in [3.05, 3.63) is 12.2 Å². The summed E-state index contributed by atoms with van der Waals surface area (Å²) in [5.74, 6) is 2.05. The van der Waals surface area contributed by atoms with E-state index in [4.69, 9.17) is 10.8 Å². The van der Waals surface area contributed by atoms with Crippen LogP contribution in [0.4, 0.5) is 0 Å². The molecule has 14 heavy (non-hydrogen) atoms. The van der Waals surface area contributed by atoms with E-state index in [1.54, 1.807) is 0 Å². The average molecular weight is 193 g/mol. The Kier molecular flexibility index (Phi) is 3.58. The molecular formula is C11H15NO2. The van der Waals surface area contributed by atoms with E-state index < -0.39 is 5.97 Å². The molecule has 0 saturated carbocycles. The van der Waals surface area contributed by atoms with Crippen LogP contribution in [0, 0.1) is 29.7 Å². The minimum Gasteiger partial charge on any atom is -0.481 e. The summed E-state index contributed by atoms with van der Waals surface area (Å²) < 4.78 is 0. The van der Waals surface area contributed by atoms with Crippen LogP contribution in [0.25, 0.3) is 0 Å². The molecule has 0 heterocycles. The highest BCUT2D eigenvalue weighted by Crippen LogP contribution is 2.30. The summed E-state index contributed by atoms with van der Waals surface area (Å²) in [6, 6.07) is 2.31. The van der Waals surface area contributed by atoms with Crippen molar-refractivity contribution >= 4 is 5.97 Å². The van der Waals surface area contributed by atoms with Crippen LogP contribution in [0.2, 0.25) is 0 Å². The third-order valence-corrected chi connectivity index (χ3v) is 2.59. The van der Waals surface area contributed by atoms with Crippen LogP contribution >= 0.6 is 0 Å². The van der Waals surface area contributed by atoms with Crippen molar-refractivity contribution in [1.82, 2.24) is 0 Å². The molecule has 0 bridgehead atoms. The van der Waals surface area contributed by atoms with Gasteiger partial charge in [-0.15, -0.1) is 0 Å². The van der Waals surface area contributed by atoms with Crippen LogP contribution in [0.1, 0.15) is 19.8 Å². The zero-order chi connectivity index (χ0) is 10.6. The Morgan fingerprint density at radius 1 is 1.64 bits per heavy atom. The van der Waals surface area contributed by atoms with E-state index in [0.717, 1.165) is 0 Å². The first kappa shape index (κ1) is 10.6. The molecule has 76 valence electrons. The lowest BCUT2D eigenvalue weighted by atomic mass is 9.78. The van der Waals surface area contributed by atoms with E-state index in [-0.39, 0.29) is 11.8 Å². The third kappa shape index (κ3) is 2.53. The first-order chi connectivity index (χ1) is 6.65. The summed E-state index contributed by atoms with van der Waals surface area (Å²) in [5.41, 5.74) is 5.06. The Balaban J connectivity index is 2.72. The number of carbonyl (C=O) groups is 1. The van der Waals surface area contributed by atoms with Gasteiger partial charge in [-0.05, 0) is 12.3 Å². The highest BCUT2D eigenvalue weighted by Gasteiger charge is 2.29. The maximum absolute atomic E-state index is 11.0. The van der Waals surface area contributed by atoms with Crippen molar-refractivity contribution < 1.29 is 9.90 Å². The van der Waals surface area contributed by atoms with Crippen molar-refractivity contribution in [2.45, 2.75) is 19.8 Å². The molecule has 0 aromatic heterocycles. The fourth-order valence-corrected chi connectivity index (χ4v) is 1.79. The van der Waals surface area contributed by atoms with E-state index >= 15 is 0 Å². The van der Waals surface area contributed by atoms with Crippen molar-refractivity contribution in [3.8, 4) is 12.0 Å². The molecule has 3 N–H and O–H groups in total. The molecule has 0 radical (unpaired) electrons. The van der Waals surface area contributed by atoms with Crippen molar-refractivity contribution in [3.63, 3.8) is 0 Å². The molecule has 0 amide bonds. The predicted octanol–water partition coefficient (Wildman–Crippen LogP) is 1.21. The highest BCUT2D eigenvalue weighted by atomic mass is 16.4. The van der Waals surface area contributed by atoms with E-state index in [0.29, 0.717) is 18.8 Å². The topological polar surface area (TPSA) is 63.3 Å². The van der Waals surface area contributed by atoms with Gasteiger partial charge in [-0.1, -0.05) is 25.0 Å². The number of allylic oxidation sites excluding steroid dienone is 2. The Labute approximate surface area is 84.0 Å². The highest BCUT2D eigenvalue weighted by molar-refractivity contribution is 5.71. The van der Waals surface area contributed by atoms with Gasteiger partial charge < -0.3 is 10.8 Å². The van der Waals surface area contributed by atoms with Gasteiger partial charge in [-0.3, -0.25) is 4.79 Å². The number of hydrogen-bond acceptors (Lipinski definition) is 2. The zero-order valence-electron chi connectivity index (χ0n) is 8.23. The minimum absolute atomic E-state index is 0.0137. The maximum atomic E-state index is 11.0. The van der Waals surface area contributed by atoms with Gasteiger partial charge in [-0.25, -0.2) is 0 Å². The summed E-state index contributed by atoms with van der Waals surface area (Å²) in [6.45, 7) is 2.03. The zero-order valence-corrected chi connectivity index (χ0v) is 8.23. The SMILES string of the molecule is CC1C=CC(CC#CN)C(C(=O)O)C1. The minimum atomic E-state index is -0.731. The Bertz CT molecular complexity index is 298. The van der Waals surface area contributed by atoms with Crippen molar-refractivity contribution in [1.29, 1.82) is 0 Å². The lowest BCUT2D eigenvalue weighted by Gasteiger charge is -2.25. The van der Waals surface area contributed by atoms with Gasteiger partial charge in [0, 0.05) is 18.4 Å². The predicted molar refractivity (Wildman–Crippen MR) is 54.1 cm³/mol. The number of rotatable bonds is 2. The van der Waals surface area contributed by atoms with Crippen LogP contribution < -0.4 is 5.73 Å². The Morgan fingerprint density at radius 3 is 2.93 bits per heavy atom. The molecule has 1 rings (SSSR count). The standard InChI is InChI=1S/C11H15NO2/c1-8-4-5-9(3-2-6-12)10(7-8)11(13)14/h4-5,8-10H,3,7,12H2,1H3,(H,13,14). The van der Waals surface area contributed by atoms with Crippen molar-refractivity contribution in [2.75, 3.05) is 0 Å². The first-order valence-electron chi connectivity index (χ1n) is 4.74. The Hall–Kier alpha value is -1.43. The summed E-state index contributed by atoms with van der Waals surface area (Å²) in [7, 11) is 0. The largest absolute Gasteiger partial charge is 0.481 e. The van der Waals surface area contributed by atoms with Gasteiger partial charge in [-0.2, -0.15) is 0 Å². The normalized spacial score (nSPS) is 30.5. The fourth-order valence-electron chi connectivity index (χ4n) is 1.79.